The van der Waals surface area contributed by atoms with Crippen LogP contribution in [0.4, 0.5) is 4.39 Å². The third-order valence-electron chi connectivity index (χ3n) is 4.52. The van der Waals surface area contributed by atoms with Gasteiger partial charge in [0.25, 0.3) is 5.91 Å². The SMILES string of the molecule is Cc1cc(C(=O)NC2(c3ccc(Cl)cc3)CCOCC2)ccc1F. The number of ether oxygens (including phenoxy) is 1. The lowest BCUT2D eigenvalue weighted by molar-refractivity contribution is 0.0345. The van der Waals surface area contributed by atoms with Crippen LogP contribution in [0.3, 0.4) is 0 Å². The molecule has 0 saturated carbocycles. The summed E-state index contributed by atoms with van der Waals surface area (Å²) in [6.45, 7) is 2.80. The molecular formula is C19H19ClFNO2. The summed E-state index contributed by atoms with van der Waals surface area (Å²) >= 11 is 5.98. The quantitative estimate of drug-likeness (QED) is 0.902. The average Bonchev–Trinajstić information content (AvgIpc) is 2.58. The van der Waals surface area contributed by atoms with Crippen LogP contribution < -0.4 is 5.32 Å². The van der Waals surface area contributed by atoms with Crippen molar-refractivity contribution in [3.63, 3.8) is 0 Å². The lowest BCUT2D eigenvalue weighted by Gasteiger charge is -2.38. The molecule has 1 aliphatic rings. The third kappa shape index (κ3) is 3.45. The van der Waals surface area contributed by atoms with Crippen molar-refractivity contribution >= 4 is 17.5 Å². The van der Waals surface area contributed by atoms with Crippen LogP contribution in [0.25, 0.3) is 0 Å². The Morgan fingerprint density at radius 3 is 2.46 bits per heavy atom. The van der Waals surface area contributed by atoms with Gasteiger partial charge >= 0.3 is 0 Å². The zero-order chi connectivity index (χ0) is 17.2. The Hall–Kier alpha value is -1.91. The lowest BCUT2D eigenvalue weighted by atomic mass is 9.82. The van der Waals surface area contributed by atoms with Gasteiger partial charge in [0.05, 0.1) is 5.54 Å². The molecule has 1 fully saturated rings. The number of hydrogen-bond donors (Lipinski definition) is 1. The predicted octanol–water partition coefficient (Wildman–Crippen LogP) is 4.22. The highest BCUT2D eigenvalue weighted by Gasteiger charge is 2.36. The fourth-order valence-electron chi connectivity index (χ4n) is 3.05. The Morgan fingerprint density at radius 1 is 1.17 bits per heavy atom. The maximum atomic E-state index is 13.4. The van der Waals surface area contributed by atoms with Crippen LogP contribution in [0.15, 0.2) is 42.5 Å². The summed E-state index contributed by atoms with van der Waals surface area (Å²) in [7, 11) is 0. The van der Waals surface area contributed by atoms with E-state index in [9.17, 15) is 9.18 Å². The van der Waals surface area contributed by atoms with E-state index in [1.165, 1.54) is 12.1 Å². The molecule has 0 bridgehead atoms. The Bertz CT molecular complexity index is 740. The van der Waals surface area contributed by atoms with E-state index in [4.69, 9.17) is 16.3 Å². The molecule has 2 aromatic carbocycles. The predicted molar refractivity (Wildman–Crippen MR) is 91.8 cm³/mol. The zero-order valence-electron chi connectivity index (χ0n) is 13.4. The molecule has 1 saturated heterocycles. The topological polar surface area (TPSA) is 38.3 Å². The van der Waals surface area contributed by atoms with E-state index in [0.29, 0.717) is 42.2 Å². The molecule has 0 aromatic heterocycles. The first-order valence-corrected chi connectivity index (χ1v) is 8.30. The Labute approximate surface area is 145 Å². The van der Waals surface area contributed by atoms with Crippen molar-refractivity contribution in [1.29, 1.82) is 0 Å². The minimum Gasteiger partial charge on any atom is -0.381 e. The molecule has 0 radical (unpaired) electrons. The first kappa shape index (κ1) is 16.9. The van der Waals surface area contributed by atoms with Gasteiger partial charge in [-0.3, -0.25) is 4.79 Å². The Morgan fingerprint density at radius 2 is 1.83 bits per heavy atom. The minimum absolute atomic E-state index is 0.213. The van der Waals surface area contributed by atoms with Crippen LogP contribution in [0.2, 0.25) is 5.02 Å². The average molecular weight is 348 g/mol. The molecule has 0 spiro atoms. The summed E-state index contributed by atoms with van der Waals surface area (Å²) in [5.74, 6) is -0.528. The van der Waals surface area contributed by atoms with Gasteiger partial charge in [0.2, 0.25) is 0 Å². The van der Waals surface area contributed by atoms with Crippen LogP contribution in [-0.4, -0.2) is 19.1 Å². The molecular weight excluding hydrogens is 329 g/mol. The molecule has 1 N–H and O–H groups in total. The zero-order valence-corrected chi connectivity index (χ0v) is 14.2. The molecule has 1 amide bonds. The number of rotatable bonds is 3. The van der Waals surface area contributed by atoms with E-state index in [2.05, 4.69) is 5.32 Å². The molecule has 3 rings (SSSR count). The molecule has 24 heavy (non-hydrogen) atoms. The minimum atomic E-state index is -0.498. The largest absolute Gasteiger partial charge is 0.381 e. The molecule has 126 valence electrons. The van der Waals surface area contributed by atoms with Crippen LogP contribution in [-0.2, 0) is 10.3 Å². The fourth-order valence-corrected chi connectivity index (χ4v) is 3.18. The number of carbonyl (C=O) groups excluding carboxylic acids is 1. The van der Waals surface area contributed by atoms with Crippen LogP contribution in [0.1, 0.15) is 34.3 Å². The molecule has 2 aromatic rings. The first-order valence-electron chi connectivity index (χ1n) is 7.93. The van der Waals surface area contributed by atoms with Gasteiger partial charge in [-0.15, -0.1) is 0 Å². The molecule has 5 heteroatoms. The van der Waals surface area contributed by atoms with Gasteiger partial charge in [-0.05, 0) is 61.2 Å². The smallest absolute Gasteiger partial charge is 0.251 e. The monoisotopic (exact) mass is 347 g/mol. The van der Waals surface area contributed by atoms with Crippen molar-refractivity contribution in [1.82, 2.24) is 5.32 Å². The summed E-state index contributed by atoms with van der Waals surface area (Å²) in [4.78, 5) is 12.7. The number of carbonyl (C=O) groups is 1. The normalized spacial score (nSPS) is 16.6. The number of nitrogens with one attached hydrogen (secondary N) is 1. The highest BCUT2D eigenvalue weighted by molar-refractivity contribution is 6.30. The van der Waals surface area contributed by atoms with Gasteiger partial charge in [0.15, 0.2) is 0 Å². The maximum absolute atomic E-state index is 13.4. The molecule has 0 atom stereocenters. The number of amides is 1. The second-order valence-electron chi connectivity index (χ2n) is 6.12. The molecule has 1 heterocycles. The lowest BCUT2D eigenvalue weighted by Crippen LogP contribution is -2.49. The van der Waals surface area contributed by atoms with Crippen LogP contribution in [0.5, 0.6) is 0 Å². The van der Waals surface area contributed by atoms with Crippen molar-refractivity contribution < 1.29 is 13.9 Å². The van der Waals surface area contributed by atoms with Gasteiger partial charge in [0.1, 0.15) is 5.82 Å². The van der Waals surface area contributed by atoms with E-state index in [1.807, 2.05) is 24.3 Å². The van der Waals surface area contributed by atoms with E-state index >= 15 is 0 Å². The summed E-state index contributed by atoms with van der Waals surface area (Å²) in [5.41, 5.74) is 1.41. The van der Waals surface area contributed by atoms with Gasteiger partial charge < -0.3 is 10.1 Å². The third-order valence-corrected chi connectivity index (χ3v) is 4.77. The highest BCUT2D eigenvalue weighted by atomic mass is 35.5. The number of halogens is 2. The van der Waals surface area contributed by atoms with Crippen molar-refractivity contribution in [2.45, 2.75) is 25.3 Å². The van der Waals surface area contributed by atoms with E-state index in [-0.39, 0.29) is 11.7 Å². The maximum Gasteiger partial charge on any atom is 0.251 e. The first-order chi connectivity index (χ1) is 11.5. The number of benzene rings is 2. The van der Waals surface area contributed by atoms with E-state index in [0.717, 1.165) is 5.56 Å². The number of hydrogen-bond acceptors (Lipinski definition) is 2. The Balaban J connectivity index is 1.90. The van der Waals surface area contributed by atoms with Gasteiger partial charge in [0, 0.05) is 23.8 Å². The van der Waals surface area contributed by atoms with Crippen molar-refractivity contribution in [3.05, 3.63) is 70.0 Å². The summed E-state index contributed by atoms with van der Waals surface area (Å²) < 4.78 is 18.9. The number of aryl methyl sites for hydroxylation is 1. The van der Waals surface area contributed by atoms with E-state index < -0.39 is 5.54 Å². The second kappa shape index (κ2) is 6.91. The second-order valence-corrected chi connectivity index (χ2v) is 6.56. The van der Waals surface area contributed by atoms with Gasteiger partial charge in [-0.2, -0.15) is 0 Å². The van der Waals surface area contributed by atoms with Crippen molar-refractivity contribution in [3.8, 4) is 0 Å². The molecule has 0 aliphatic carbocycles. The van der Waals surface area contributed by atoms with Crippen LogP contribution >= 0.6 is 11.6 Å². The van der Waals surface area contributed by atoms with Crippen molar-refractivity contribution in [2.75, 3.05) is 13.2 Å². The molecule has 0 unspecified atom stereocenters. The fraction of sp³-hybridized carbons (Fsp3) is 0.316. The summed E-state index contributed by atoms with van der Waals surface area (Å²) in [6.07, 6.45) is 1.36. The highest BCUT2D eigenvalue weighted by Crippen LogP contribution is 2.33. The Kier molecular flexibility index (Phi) is 4.88. The summed E-state index contributed by atoms with van der Waals surface area (Å²) in [6, 6.07) is 11.9. The molecule has 3 nitrogen and oxygen atoms in total. The standard InChI is InChI=1S/C19H19ClFNO2/c1-13-12-14(2-7-17(13)21)18(23)22-19(8-10-24-11-9-19)15-3-5-16(20)6-4-15/h2-7,12H,8-11H2,1H3,(H,22,23). The van der Waals surface area contributed by atoms with Crippen molar-refractivity contribution in [2.24, 2.45) is 0 Å². The van der Waals surface area contributed by atoms with Gasteiger partial charge in [-0.25, -0.2) is 4.39 Å². The van der Waals surface area contributed by atoms with Crippen LogP contribution in [0, 0.1) is 12.7 Å². The van der Waals surface area contributed by atoms with Gasteiger partial charge in [-0.1, -0.05) is 23.7 Å². The summed E-state index contributed by atoms with van der Waals surface area (Å²) in [5, 5.41) is 3.80. The molecule has 1 aliphatic heterocycles. The van der Waals surface area contributed by atoms with E-state index in [1.54, 1.807) is 13.0 Å².